The van der Waals surface area contributed by atoms with E-state index in [9.17, 15) is 14.9 Å². The number of rotatable bonds is 6. The van der Waals surface area contributed by atoms with E-state index in [1.54, 1.807) is 36.4 Å². The molecule has 0 aliphatic carbocycles. The van der Waals surface area contributed by atoms with Crippen molar-refractivity contribution >= 4 is 23.4 Å². The van der Waals surface area contributed by atoms with Gasteiger partial charge in [0.1, 0.15) is 23.5 Å². The number of nitro benzene ring substituents is 1. The van der Waals surface area contributed by atoms with Gasteiger partial charge in [0.25, 0.3) is 11.6 Å². The summed E-state index contributed by atoms with van der Waals surface area (Å²) in [6, 6.07) is 15.6. The van der Waals surface area contributed by atoms with Gasteiger partial charge in [-0.05, 0) is 29.8 Å². The van der Waals surface area contributed by atoms with E-state index >= 15 is 0 Å². The average molecular weight is 348 g/mol. The van der Waals surface area contributed by atoms with Crippen LogP contribution in [0.3, 0.4) is 0 Å². The van der Waals surface area contributed by atoms with Crippen LogP contribution < -0.4 is 10.1 Å². The van der Waals surface area contributed by atoms with Gasteiger partial charge in [-0.15, -0.1) is 0 Å². The molecule has 2 aromatic rings. The third-order valence-electron chi connectivity index (χ3n) is 3.14. The third-order valence-corrected chi connectivity index (χ3v) is 3.14. The predicted octanol–water partition coefficient (Wildman–Crippen LogP) is 3.04. The number of nitro groups is 1. The maximum Gasteiger partial charge on any atom is 0.271 e. The normalized spacial score (nSPS) is 9.31. The van der Waals surface area contributed by atoms with Gasteiger partial charge in [0, 0.05) is 17.8 Å². The third kappa shape index (κ3) is 5.18. The smallest absolute Gasteiger partial charge is 0.271 e. The van der Waals surface area contributed by atoms with Crippen molar-refractivity contribution in [2.24, 2.45) is 0 Å². The monoisotopic (exact) mass is 348 g/mol. The number of nitrogens with zero attached hydrogens (tertiary/aromatic N) is 3. The lowest BCUT2D eigenvalue weighted by Crippen LogP contribution is -2.20. The maximum absolute atomic E-state index is 11.9. The molecule has 0 aromatic heterocycles. The van der Waals surface area contributed by atoms with Gasteiger partial charge in [-0.3, -0.25) is 14.9 Å². The fourth-order valence-electron chi connectivity index (χ4n) is 1.96. The molecule has 2 rings (SSSR count). The summed E-state index contributed by atoms with van der Waals surface area (Å²) >= 11 is 0. The molecule has 0 bridgehead atoms. The Kier molecular flexibility index (Phi) is 6.02. The number of non-ortho nitro benzene ring substituents is 1. The number of nitrogens with one attached hydrogen (secondary N) is 1. The highest BCUT2D eigenvalue weighted by atomic mass is 16.6. The second-order valence-corrected chi connectivity index (χ2v) is 4.99. The Labute approximate surface area is 148 Å². The van der Waals surface area contributed by atoms with Crippen LogP contribution in [-0.2, 0) is 4.79 Å². The number of allylic oxidation sites excluding steroid dienone is 1. The van der Waals surface area contributed by atoms with Crippen LogP contribution in [0.4, 0.5) is 11.4 Å². The lowest BCUT2D eigenvalue weighted by Gasteiger charge is -2.07. The van der Waals surface area contributed by atoms with Crippen LogP contribution in [-0.4, -0.2) is 17.4 Å². The fourth-order valence-corrected chi connectivity index (χ4v) is 1.96. The van der Waals surface area contributed by atoms with E-state index in [0.717, 1.165) is 0 Å². The molecule has 1 N–H and O–H groups in total. The van der Waals surface area contributed by atoms with E-state index in [0.29, 0.717) is 17.0 Å². The van der Waals surface area contributed by atoms with Crippen molar-refractivity contribution in [3.8, 4) is 17.9 Å². The van der Waals surface area contributed by atoms with E-state index < -0.39 is 10.8 Å². The number of nitriles is 2. The van der Waals surface area contributed by atoms with E-state index in [4.69, 9.17) is 15.3 Å². The number of hydrogen-bond acceptors (Lipinski definition) is 6. The van der Waals surface area contributed by atoms with Gasteiger partial charge in [0.15, 0.2) is 6.61 Å². The molecule has 0 atom stereocenters. The van der Waals surface area contributed by atoms with Gasteiger partial charge in [0.2, 0.25) is 0 Å². The molecule has 128 valence electrons. The Morgan fingerprint density at radius 2 is 1.88 bits per heavy atom. The first-order valence-corrected chi connectivity index (χ1v) is 7.31. The minimum atomic E-state index is -0.549. The summed E-state index contributed by atoms with van der Waals surface area (Å²) < 4.78 is 5.33. The van der Waals surface area contributed by atoms with Crippen LogP contribution in [0.5, 0.6) is 5.75 Å². The molecule has 0 heterocycles. The molecular weight excluding hydrogens is 336 g/mol. The van der Waals surface area contributed by atoms with E-state index in [1.807, 2.05) is 0 Å². The van der Waals surface area contributed by atoms with Crippen LogP contribution in [0.1, 0.15) is 5.56 Å². The zero-order valence-electron chi connectivity index (χ0n) is 13.4. The lowest BCUT2D eigenvalue weighted by atomic mass is 10.1. The van der Waals surface area contributed by atoms with Crippen LogP contribution in [0.15, 0.2) is 54.1 Å². The summed E-state index contributed by atoms with van der Waals surface area (Å²) in [5.74, 6) is -0.0440. The lowest BCUT2D eigenvalue weighted by molar-refractivity contribution is -0.384. The number of anilines is 1. The van der Waals surface area contributed by atoms with E-state index in [-0.39, 0.29) is 17.9 Å². The number of carbonyl (C=O) groups is 1. The van der Waals surface area contributed by atoms with Gasteiger partial charge in [-0.1, -0.05) is 18.2 Å². The zero-order chi connectivity index (χ0) is 18.9. The highest BCUT2D eigenvalue weighted by Gasteiger charge is 2.08. The summed E-state index contributed by atoms with van der Waals surface area (Å²) in [7, 11) is 0. The molecule has 0 aliphatic rings. The quantitative estimate of drug-likeness (QED) is 0.485. The van der Waals surface area contributed by atoms with Gasteiger partial charge in [-0.25, -0.2) is 0 Å². The molecule has 0 spiro atoms. The van der Waals surface area contributed by atoms with Crippen molar-refractivity contribution in [1.29, 1.82) is 10.5 Å². The van der Waals surface area contributed by atoms with Crippen LogP contribution in [0, 0.1) is 32.8 Å². The molecule has 0 unspecified atom stereocenters. The summed E-state index contributed by atoms with van der Waals surface area (Å²) in [5.41, 5.74) is 0.807. The van der Waals surface area contributed by atoms with E-state index in [2.05, 4.69) is 5.32 Å². The molecular formula is C18H12N4O4. The standard InChI is InChI=1S/C18H12N4O4/c19-10-14(11-20)8-13-4-6-17(7-5-13)26-12-18(23)21-15-2-1-3-16(9-15)22(24)25/h1-9H,12H2,(H,21,23). The molecule has 8 heteroatoms. The maximum atomic E-state index is 11.9. The summed E-state index contributed by atoms with van der Waals surface area (Å²) in [6.07, 6.45) is 1.43. The van der Waals surface area contributed by atoms with Gasteiger partial charge in [-0.2, -0.15) is 10.5 Å². The van der Waals surface area contributed by atoms with Crippen LogP contribution in [0.25, 0.3) is 6.08 Å². The number of amides is 1. The van der Waals surface area contributed by atoms with Crippen molar-refractivity contribution in [2.75, 3.05) is 11.9 Å². The van der Waals surface area contributed by atoms with Crippen LogP contribution >= 0.6 is 0 Å². The summed E-state index contributed by atoms with van der Waals surface area (Å²) in [5, 5.41) is 30.6. The minimum Gasteiger partial charge on any atom is -0.484 e. The molecule has 0 saturated carbocycles. The van der Waals surface area contributed by atoms with Gasteiger partial charge >= 0.3 is 0 Å². The SMILES string of the molecule is N#CC(C#N)=Cc1ccc(OCC(=O)Nc2cccc([N+](=O)[O-])c2)cc1. The second kappa shape index (κ2) is 8.62. The number of hydrogen-bond donors (Lipinski definition) is 1. The summed E-state index contributed by atoms with van der Waals surface area (Å²) in [6.45, 7) is -0.278. The first kappa shape index (κ1) is 18.2. The number of benzene rings is 2. The highest BCUT2D eigenvalue weighted by Crippen LogP contribution is 2.17. The Hall–Kier alpha value is -4.17. The molecule has 0 fully saturated rings. The zero-order valence-corrected chi connectivity index (χ0v) is 13.4. The molecule has 1 amide bonds. The van der Waals surface area contributed by atoms with Gasteiger partial charge in [0.05, 0.1) is 4.92 Å². The fraction of sp³-hybridized carbons (Fsp3) is 0.0556. The Morgan fingerprint density at radius 1 is 1.19 bits per heavy atom. The van der Waals surface area contributed by atoms with Gasteiger partial charge < -0.3 is 10.1 Å². The molecule has 0 saturated heterocycles. The van der Waals surface area contributed by atoms with Crippen LogP contribution in [0.2, 0.25) is 0 Å². The first-order valence-electron chi connectivity index (χ1n) is 7.31. The Balaban J connectivity index is 1.93. The minimum absolute atomic E-state index is 0.0185. The molecule has 2 aromatic carbocycles. The topological polar surface area (TPSA) is 129 Å². The molecule has 26 heavy (non-hydrogen) atoms. The van der Waals surface area contributed by atoms with Crippen molar-refractivity contribution < 1.29 is 14.5 Å². The molecule has 0 aliphatic heterocycles. The predicted molar refractivity (Wildman–Crippen MR) is 92.9 cm³/mol. The first-order chi connectivity index (χ1) is 12.5. The second-order valence-electron chi connectivity index (χ2n) is 4.99. The highest BCUT2D eigenvalue weighted by molar-refractivity contribution is 5.92. The molecule has 0 radical (unpaired) electrons. The number of ether oxygens (including phenoxy) is 1. The van der Waals surface area contributed by atoms with Crippen molar-refractivity contribution in [2.45, 2.75) is 0 Å². The van der Waals surface area contributed by atoms with Crippen molar-refractivity contribution in [3.05, 3.63) is 69.8 Å². The Bertz CT molecular complexity index is 921. The molecule has 8 nitrogen and oxygen atoms in total. The van der Waals surface area contributed by atoms with Crippen molar-refractivity contribution in [1.82, 2.24) is 0 Å². The number of carbonyl (C=O) groups excluding carboxylic acids is 1. The largest absolute Gasteiger partial charge is 0.484 e. The van der Waals surface area contributed by atoms with E-state index in [1.165, 1.54) is 30.3 Å². The average Bonchev–Trinajstić information content (AvgIpc) is 2.65. The Morgan fingerprint density at radius 3 is 2.50 bits per heavy atom. The van der Waals surface area contributed by atoms with Crippen molar-refractivity contribution in [3.63, 3.8) is 0 Å². The summed E-state index contributed by atoms with van der Waals surface area (Å²) in [4.78, 5) is 22.0.